The van der Waals surface area contributed by atoms with E-state index >= 15 is 0 Å². The van der Waals surface area contributed by atoms with Gasteiger partial charge in [-0.15, -0.1) is 0 Å². The molecule has 0 aromatic heterocycles. The van der Waals surface area contributed by atoms with E-state index in [0.29, 0.717) is 18.7 Å². The van der Waals surface area contributed by atoms with Crippen LogP contribution >= 0.6 is 0 Å². The number of carbonyl (C=O) groups excluding carboxylic acids is 3. The fourth-order valence-corrected chi connectivity index (χ4v) is 3.36. The fourth-order valence-electron chi connectivity index (χ4n) is 3.36. The van der Waals surface area contributed by atoms with Gasteiger partial charge in [0.2, 0.25) is 11.8 Å². The van der Waals surface area contributed by atoms with Crippen LogP contribution in [0.3, 0.4) is 0 Å². The Morgan fingerprint density at radius 1 is 1.14 bits per heavy atom. The standard InChI is InChI=1S/C23H27N3O3/c1-4-15(2)22(28)25-20-7-5-6-17(12-20)14-24-23(29)19-8-9-21-18(13-19)10-11-26(21)16(3)27/h5-9,12-13,15H,4,10-11,14H2,1-3H3,(H,24,29)(H,25,28)/t15-/m1/s1. The number of rotatable bonds is 6. The lowest BCUT2D eigenvalue weighted by atomic mass is 10.1. The molecule has 1 heterocycles. The molecule has 1 aliphatic heterocycles. The van der Waals surface area contributed by atoms with Crippen LogP contribution in [0.1, 0.15) is 48.7 Å². The van der Waals surface area contributed by atoms with E-state index in [1.165, 1.54) is 0 Å². The molecule has 152 valence electrons. The Morgan fingerprint density at radius 2 is 1.93 bits per heavy atom. The maximum Gasteiger partial charge on any atom is 0.251 e. The van der Waals surface area contributed by atoms with Gasteiger partial charge in [0.1, 0.15) is 0 Å². The van der Waals surface area contributed by atoms with Crippen LogP contribution in [-0.2, 0) is 22.6 Å². The molecule has 0 bridgehead atoms. The molecule has 6 nitrogen and oxygen atoms in total. The SMILES string of the molecule is CC[C@@H](C)C(=O)Nc1cccc(CNC(=O)c2ccc3c(c2)CCN3C(C)=O)c1. The van der Waals surface area contributed by atoms with Gasteiger partial charge in [-0.2, -0.15) is 0 Å². The van der Waals surface area contributed by atoms with Crippen molar-refractivity contribution in [2.24, 2.45) is 5.92 Å². The molecule has 2 N–H and O–H groups in total. The summed E-state index contributed by atoms with van der Waals surface area (Å²) in [4.78, 5) is 38.0. The molecule has 6 heteroatoms. The summed E-state index contributed by atoms with van der Waals surface area (Å²) in [6.45, 7) is 6.45. The molecule has 1 atom stereocenters. The highest BCUT2D eigenvalue weighted by atomic mass is 16.2. The summed E-state index contributed by atoms with van der Waals surface area (Å²) in [5.74, 6) is -0.201. The van der Waals surface area contributed by atoms with Gasteiger partial charge in [0.25, 0.3) is 5.91 Å². The quantitative estimate of drug-likeness (QED) is 0.788. The summed E-state index contributed by atoms with van der Waals surface area (Å²) in [5, 5.41) is 5.83. The Morgan fingerprint density at radius 3 is 2.66 bits per heavy atom. The van der Waals surface area contributed by atoms with Crippen molar-refractivity contribution >= 4 is 29.1 Å². The maximum absolute atomic E-state index is 12.6. The van der Waals surface area contributed by atoms with Crippen LogP contribution in [0.15, 0.2) is 42.5 Å². The molecule has 3 rings (SSSR count). The fraction of sp³-hybridized carbons (Fsp3) is 0.348. The second-order valence-electron chi connectivity index (χ2n) is 7.45. The predicted molar refractivity (Wildman–Crippen MR) is 114 cm³/mol. The minimum absolute atomic E-state index is 0.00793. The third kappa shape index (κ3) is 4.83. The second kappa shape index (κ2) is 8.90. The number of nitrogens with one attached hydrogen (secondary N) is 2. The molecule has 0 fully saturated rings. The number of hydrogen-bond donors (Lipinski definition) is 2. The number of amides is 3. The van der Waals surface area contributed by atoms with E-state index in [0.717, 1.165) is 35.3 Å². The van der Waals surface area contributed by atoms with Gasteiger partial charge >= 0.3 is 0 Å². The zero-order valence-electron chi connectivity index (χ0n) is 17.1. The molecule has 2 aromatic carbocycles. The minimum Gasteiger partial charge on any atom is -0.348 e. The molecule has 0 saturated carbocycles. The zero-order chi connectivity index (χ0) is 21.0. The molecular formula is C23H27N3O3. The highest BCUT2D eigenvalue weighted by Crippen LogP contribution is 2.28. The summed E-state index contributed by atoms with van der Waals surface area (Å²) < 4.78 is 0. The van der Waals surface area contributed by atoms with Crippen LogP contribution in [-0.4, -0.2) is 24.3 Å². The van der Waals surface area contributed by atoms with E-state index in [9.17, 15) is 14.4 Å². The monoisotopic (exact) mass is 393 g/mol. The van der Waals surface area contributed by atoms with Crippen molar-refractivity contribution in [1.82, 2.24) is 5.32 Å². The zero-order valence-corrected chi connectivity index (χ0v) is 17.1. The largest absolute Gasteiger partial charge is 0.348 e. The third-order valence-corrected chi connectivity index (χ3v) is 5.32. The van der Waals surface area contributed by atoms with Crippen molar-refractivity contribution < 1.29 is 14.4 Å². The average Bonchev–Trinajstić information content (AvgIpc) is 3.15. The Labute approximate surface area is 171 Å². The van der Waals surface area contributed by atoms with Crippen molar-refractivity contribution in [2.75, 3.05) is 16.8 Å². The molecule has 3 amide bonds. The van der Waals surface area contributed by atoms with Crippen LogP contribution in [0, 0.1) is 5.92 Å². The summed E-state index contributed by atoms with van der Waals surface area (Å²) in [6.07, 6.45) is 1.54. The van der Waals surface area contributed by atoms with Crippen molar-refractivity contribution in [3.63, 3.8) is 0 Å². The van der Waals surface area contributed by atoms with Gasteiger partial charge in [-0.1, -0.05) is 26.0 Å². The molecule has 29 heavy (non-hydrogen) atoms. The molecule has 2 aromatic rings. The van der Waals surface area contributed by atoms with Gasteiger partial charge in [-0.25, -0.2) is 0 Å². The number of hydrogen-bond acceptors (Lipinski definition) is 3. The normalized spacial score (nSPS) is 13.6. The molecule has 1 aliphatic rings. The van der Waals surface area contributed by atoms with E-state index in [1.807, 2.05) is 50.2 Å². The van der Waals surface area contributed by atoms with Gasteiger partial charge < -0.3 is 15.5 Å². The Bertz CT molecular complexity index is 939. The maximum atomic E-state index is 12.6. The Hall–Kier alpha value is -3.15. The second-order valence-corrected chi connectivity index (χ2v) is 7.45. The van der Waals surface area contributed by atoms with Gasteiger partial charge in [0.05, 0.1) is 0 Å². The number of carbonyl (C=O) groups is 3. The van der Waals surface area contributed by atoms with Gasteiger partial charge in [0, 0.05) is 42.9 Å². The van der Waals surface area contributed by atoms with Crippen molar-refractivity contribution in [3.05, 3.63) is 59.2 Å². The molecule has 0 saturated heterocycles. The van der Waals surface area contributed by atoms with Crippen molar-refractivity contribution in [1.29, 1.82) is 0 Å². The van der Waals surface area contributed by atoms with E-state index < -0.39 is 0 Å². The van der Waals surface area contributed by atoms with Crippen LogP contribution < -0.4 is 15.5 Å². The molecule has 0 spiro atoms. The minimum atomic E-state index is -0.164. The topological polar surface area (TPSA) is 78.5 Å². The van der Waals surface area contributed by atoms with Crippen LogP contribution in [0.5, 0.6) is 0 Å². The van der Waals surface area contributed by atoms with E-state index in [-0.39, 0.29) is 23.6 Å². The van der Waals surface area contributed by atoms with E-state index in [2.05, 4.69) is 10.6 Å². The smallest absolute Gasteiger partial charge is 0.251 e. The lowest BCUT2D eigenvalue weighted by molar-refractivity contribution is -0.119. The first-order valence-corrected chi connectivity index (χ1v) is 9.98. The highest BCUT2D eigenvalue weighted by Gasteiger charge is 2.23. The summed E-state index contributed by atoms with van der Waals surface area (Å²) in [7, 11) is 0. The summed E-state index contributed by atoms with van der Waals surface area (Å²) in [5.41, 5.74) is 4.12. The van der Waals surface area contributed by atoms with Crippen LogP contribution in [0.2, 0.25) is 0 Å². The number of fused-ring (bicyclic) bond motifs is 1. The Kier molecular flexibility index (Phi) is 6.32. The first-order chi connectivity index (χ1) is 13.9. The van der Waals surface area contributed by atoms with Gasteiger partial charge in [-0.05, 0) is 54.3 Å². The lowest BCUT2D eigenvalue weighted by Crippen LogP contribution is -2.26. The molecular weight excluding hydrogens is 366 g/mol. The van der Waals surface area contributed by atoms with Crippen LogP contribution in [0.25, 0.3) is 0 Å². The highest BCUT2D eigenvalue weighted by molar-refractivity contribution is 5.98. The summed E-state index contributed by atoms with van der Waals surface area (Å²) >= 11 is 0. The predicted octanol–water partition coefficient (Wildman–Crippen LogP) is 3.51. The molecule has 0 aliphatic carbocycles. The molecule has 0 radical (unpaired) electrons. The van der Waals surface area contributed by atoms with Gasteiger partial charge in [-0.3, -0.25) is 14.4 Å². The number of anilines is 2. The summed E-state index contributed by atoms with van der Waals surface area (Å²) in [6, 6.07) is 12.9. The number of benzene rings is 2. The average molecular weight is 393 g/mol. The lowest BCUT2D eigenvalue weighted by Gasteiger charge is -2.15. The van der Waals surface area contributed by atoms with Crippen molar-refractivity contribution in [2.45, 2.75) is 40.2 Å². The van der Waals surface area contributed by atoms with Gasteiger partial charge in [0.15, 0.2) is 0 Å². The van der Waals surface area contributed by atoms with Crippen LogP contribution in [0.4, 0.5) is 11.4 Å². The number of nitrogens with zero attached hydrogens (tertiary/aromatic N) is 1. The first-order valence-electron chi connectivity index (χ1n) is 9.98. The van der Waals surface area contributed by atoms with E-state index in [4.69, 9.17) is 0 Å². The van der Waals surface area contributed by atoms with E-state index in [1.54, 1.807) is 17.9 Å². The first kappa shape index (κ1) is 20.6. The Balaban J connectivity index is 1.62. The van der Waals surface area contributed by atoms with Crippen molar-refractivity contribution in [3.8, 4) is 0 Å². The molecule has 0 unspecified atom stereocenters. The third-order valence-electron chi connectivity index (χ3n) is 5.32.